The molecule has 1 aromatic rings. The van der Waals surface area contributed by atoms with Gasteiger partial charge in [-0.1, -0.05) is 12.2 Å². The van der Waals surface area contributed by atoms with Gasteiger partial charge in [0, 0.05) is 11.3 Å². The van der Waals surface area contributed by atoms with Crippen LogP contribution in [0.5, 0.6) is 0 Å². The van der Waals surface area contributed by atoms with Crippen LogP contribution in [0.4, 0.5) is 0 Å². The number of aliphatic carboxylic acids is 1. The number of fused-ring (bicyclic) bond motifs is 1. The number of aryl methyl sites for hydroxylation is 1. The first kappa shape index (κ1) is 9.15. The van der Waals surface area contributed by atoms with Crippen molar-refractivity contribution in [1.29, 1.82) is 0 Å². The molecule has 0 radical (unpaired) electrons. The van der Waals surface area contributed by atoms with Crippen molar-refractivity contribution < 1.29 is 9.90 Å². The van der Waals surface area contributed by atoms with Crippen molar-refractivity contribution in [1.82, 2.24) is 4.98 Å². The minimum atomic E-state index is -0.903. The lowest BCUT2D eigenvalue weighted by atomic mass is 10.2. The Kier molecular flexibility index (Phi) is 2.21. The van der Waals surface area contributed by atoms with Crippen LogP contribution in [0.3, 0.4) is 0 Å². The zero-order valence-electron chi connectivity index (χ0n) is 7.65. The van der Waals surface area contributed by atoms with E-state index in [0.717, 1.165) is 22.0 Å². The predicted octanol–water partition coefficient (Wildman–Crippen LogP) is 2.03. The van der Waals surface area contributed by atoms with Crippen LogP contribution < -0.4 is 0 Å². The van der Waals surface area contributed by atoms with E-state index in [2.05, 4.69) is 4.98 Å². The SMILES string of the molecule is Cc1nc2c(s1)CC=CC(C(=O)O)=C2. The number of rotatable bonds is 1. The molecule has 1 heterocycles. The minimum Gasteiger partial charge on any atom is -0.478 e. The molecule has 72 valence electrons. The smallest absolute Gasteiger partial charge is 0.335 e. The maximum absolute atomic E-state index is 10.8. The third kappa shape index (κ3) is 1.61. The predicted molar refractivity (Wildman–Crippen MR) is 55.3 cm³/mol. The molecule has 0 spiro atoms. The number of carboxylic acid groups (broad SMARTS) is 1. The van der Waals surface area contributed by atoms with Crippen LogP contribution in [0.1, 0.15) is 15.6 Å². The van der Waals surface area contributed by atoms with Gasteiger partial charge in [-0.05, 0) is 13.0 Å². The van der Waals surface area contributed by atoms with Crippen molar-refractivity contribution in [3.8, 4) is 0 Å². The van der Waals surface area contributed by atoms with Crippen molar-refractivity contribution in [3.63, 3.8) is 0 Å². The molecule has 0 unspecified atom stereocenters. The average Bonchev–Trinajstić information content (AvgIpc) is 2.32. The standard InChI is InChI=1S/C10H9NO2S/c1-6-11-8-5-7(10(12)13)3-2-4-9(8)14-6/h2-3,5H,4H2,1H3,(H,12,13). The molecular formula is C10H9NO2S. The molecule has 0 aliphatic heterocycles. The molecule has 1 aromatic heterocycles. The van der Waals surface area contributed by atoms with Crippen LogP contribution in [0.15, 0.2) is 17.7 Å². The Bertz CT molecular complexity index is 443. The Morgan fingerprint density at radius 3 is 3.14 bits per heavy atom. The van der Waals surface area contributed by atoms with E-state index >= 15 is 0 Å². The Balaban J connectivity index is 2.50. The molecule has 0 bridgehead atoms. The van der Waals surface area contributed by atoms with Gasteiger partial charge in [-0.2, -0.15) is 0 Å². The number of allylic oxidation sites excluding steroid dienone is 1. The number of hydrogen-bond donors (Lipinski definition) is 1. The van der Waals surface area contributed by atoms with Crippen molar-refractivity contribution >= 4 is 23.4 Å². The average molecular weight is 207 g/mol. The van der Waals surface area contributed by atoms with Gasteiger partial charge in [-0.15, -0.1) is 11.3 Å². The summed E-state index contributed by atoms with van der Waals surface area (Å²) in [5, 5.41) is 9.83. The van der Waals surface area contributed by atoms with Gasteiger partial charge in [0.2, 0.25) is 0 Å². The highest BCUT2D eigenvalue weighted by Gasteiger charge is 2.12. The maximum Gasteiger partial charge on any atom is 0.335 e. The second kappa shape index (κ2) is 3.38. The van der Waals surface area contributed by atoms with Gasteiger partial charge in [0.25, 0.3) is 0 Å². The fourth-order valence-electron chi connectivity index (χ4n) is 1.37. The van der Waals surface area contributed by atoms with Crippen LogP contribution in [-0.2, 0) is 11.2 Å². The number of aromatic nitrogens is 1. The van der Waals surface area contributed by atoms with Crippen molar-refractivity contribution in [3.05, 3.63) is 33.3 Å². The van der Waals surface area contributed by atoms with Crippen LogP contribution >= 0.6 is 11.3 Å². The first-order chi connectivity index (χ1) is 6.66. The molecule has 1 aliphatic carbocycles. The summed E-state index contributed by atoms with van der Waals surface area (Å²) in [4.78, 5) is 16.2. The van der Waals surface area contributed by atoms with Crippen molar-refractivity contribution in [2.75, 3.05) is 0 Å². The molecule has 0 aromatic carbocycles. The molecule has 2 rings (SSSR count). The Labute approximate surface area is 85.4 Å². The lowest BCUT2D eigenvalue weighted by Gasteiger charge is -1.91. The van der Waals surface area contributed by atoms with E-state index in [4.69, 9.17) is 5.11 Å². The second-order valence-corrected chi connectivity index (χ2v) is 4.34. The molecule has 0 fully saturated rings. The zero-order chi connectivity index (χ0) is 10.1. The van der Waals surface area contributed by atoms with E-state index in [1.165, 1.54) is 0 Å². The fourth-order valence-corrected chi connectivity index (χ4v) is 2.26. The van der Waals surface area contributed by atoms with Crippen LogP contribution in [0.2, 0.25) is 0 Å². The summed E-state index contributed by atoms with van der Waals surface area (Å²) in [5.74, 6) is -0.903. The van der Waals surface area contributed by atoms with Crippen LogP contribution in [0.25, 0.3) is 6.08 Å². The number of thiazole rings is 1. The van der Waals surface area contributed by atoms with Gasteiger partial charge < -0.3 is 5.11 Å². The van der Waals surface area contributed by atoms with Crippen molar-refractivity contribution in [2.24, 2.45) is 0 Å². The van der Waals surface area contributed by atoms with E-state index in [0.29, 0.717) is 5.57 Å². The first-order valence-corrected chi connectivity index (χ1v) is 5.06. The highest BCUT2D eigenvalue weighted by molar-refractivity contribution is 7.11. The van der Waals surface area contributed by atoms with E-state index in [9.17, 15) is 4.79 Å². The molecule has 1 aliphatic rings. The molecule has 0 atom stereocenters. The molecule has 0 saturated carbocycles. The lowest BCUT2D eigenvalue weighted by Crippen LogP contribution is -1.96. The third-order valence-electron chi connectivity index (χ3n) is 1.97. The quantitative estimate of drug-likeness (QED) is 0.766. The van der Waals surface area contributed by atoms with Crippen LogP contribution in [-0.4, -0.2) is 16.1 Å². The highest BCUT2D eigenvalue weighted by Crippen LogP contribution is 2.24. The maximum atomic E-state index is 10.8. The molecular weight excluding hydrogens is 198 g/mol. The summed E-state index contributed by atoms with van der Waals surface area (Å²) in [7, 11) is 0. The van der Waals surface area contributed by atoms with Gasteiger partial charge >= 0.3 is 5.97 Å². The summed E-state index contributed by atoms with van der Waals surface area (Å²) in [5.41, 5.74) is 1.10. The summed E-state index contributed by atoms with van der Waals surface area (Å²) < 4.78 is 0. The third-order valence-corrected chi connectivity index (χ3v) is 2.98. The zero-order valence-corrected chi connectivity index (χ0v) is 8.47. The summed E-state index contributed by atoms with van der Waals surface area (Å²) in [6, 6.07) is 0. The number of nitrogens with zero attached hydrogens (tertiary/aromatic N) is 1. The largest absolute Gasteiger partial charge is 0.478 e. The molecule has 1 N–H and O–H groups in total. The first-order valence-electron chi connectivity index (χ1n) is 4.24. The normalized spacial score (nSPS) is 14.5. The van der Waals surface area contributed by atoms with Crippen molar-refractivity contribution in [2.45, 2.75) is 13.3 Å². The fraction of sp³-hybridized carbons (Fsp3) is 0.200. The Morgan fingerprint density at radius 2 is 2.43 bits per heavy atom. The van der Waals surface area contributed by atoms with E-state index in [-0.39, 0.29) is 0 Å². The van der Waals surface area contributed by atoms with Crippen LogP contribution in [0, 0.1) is 6.92 Å². The molecule has 14 heavy (non-hydrogen) atoms. The molecule has 0 saturated heterocycles. The highest BCUT2D eigenvalue weighted by atomic mass is 32.1. The molecule has 0 amide bonds. The lowest BCUT2D eigenvalue weighted by molar-refractivity contribution is -0.132. The molecule has 4 heteroatoms. The second-order valence-electron chi connectivity index (χ2n) is 3.05. The summed E-state index contributed by atoms with van der Waals surface area (Å²) in [6.45, 7) is 1.93. The molecule has 3 nitrogen and oxygen atoms in total. The van der Waals surface area contributed by atoms with Gasteiger partial charge in [0.15, 0.2) is 0 Å². The monoisotopic (exact) mass is 207 g/mol. The van der Waals surface area contributed by atoms with Gasteiger partial charge in [-0.3, -0.25) is 0 Å². The van der Waals surface area contributed by atoms with Gasteiger partial charge in [0.1, 0.15) is 0 Å². The van der Waals surface area contributed by atoms with Gasteiger partial charge in [-0.25, -0.2) is 9.78 Å². The Morgan fingerprint density at radius 1 is 1.64 bits per heavy atom. The minimum absolute atomic E-state index is 0.300. The topological polar surface area (TPSA) is 50.2 Å². The number of carboxylic acids is 1. The summed E-state index contributed by atoms with van der Waals surface area (Å²) >= 11 is 1.62. The van der Waals surface area contributed by atoms with E-state index < -0.39 is 5.97 Å². The Hall–Kier alpha value is -1.42. The summed E-state index contributed by atoms with van der Waals surface area (Å²) in [6.07, 6.45) is 5.90. The number of hydrogen-bond acceptors (Lipinski definition) is 3. The number of carbonyl (C=O) groups is 1. The van der Waals surface area contributed by atoms with Gasteiger partial charge in [0.05, 0.1) is 16.3 Å². The van der Waals surface area contributed by atoms with E-state index in [1.54, 1.807) is 23.5 Å². The van der Waals surface area contributed by atoms with E-state index in [1.807, 2.05) is 13.0 Å².